The van der Waals surface area contributed by atoms with Gasteiger partial charge in [-0.15, -0.1) is 11.3 Å². The van der Waals surface area contributed by atoms with Crippen LogP contribution < -0.4 is 10.2 Å². The van der Waals surface area contributed by atoms with Gasteiger partial charge < -0.3 is 10.2 Å². The summed E-state index contributed by atoms with van der Waals surface area (Å²) in [6, 6.07) is 4.86. The third-order valence-corrected chi connectivity index (χ3v) is 7.25. The fourth-order valence-electron chi connectivity index (χ4n) is 3.94. The number of fused-ring (bicyclic) bond motifs is 1. The number of thiophene rings is 1. The van der Waals surface area contributed by atoms with Crippen LogP contribution in [0.2, 0.25) is 0 Å². The molecule has 5 rings (SSSR count). The van der Waals surface area contributed by atoms with Crippen LogP contribution in [0.4, 0.5) is 11.6 Å². The zero-order valence-electron chi connectivity index (χ0n) is 15.6. The van der Waals surface area contributed by atoms with Crippen LogP contribution in [0.15, 0.2) is 22.1 Å². The van der Waals surface area contributed by atoms with E-state index in [4.69, 9.17) is 9.61 Å². The summed E-state index contributed by atoms with van der Waals surface area (Å²) in [6.07, 6.45) is 2.32. The van der Waals surface area contributed by atoms with Crippen molar-refractivity contribution in [2.45, 2.75) is 25.4 Å². The molecule has 8 nitrogen and oxygen atoms in total. The summed E-state index contributed by atoms with van der Waals surface area (Å²) in [7, 11) is 0. The van der Waals surface area contributed by atoms with Crippen LogP contribution >= 0.6 is 23.1 Å². The van der Waals surface area contributed by atoms with Crippen LogP contribution in [0.1, 0.15) is 17.7 Å². The number of anilines is 2. The Morgan fingerprint density at radius 1 is 1.07 bits per heavy atom. The Kier molecular flexibility index (Phi) is 5.32. The van der Waals surface area contributed by atoms with Crippen molar-refractivity contribution in [3.8, 4) is 0 Å². The smallest absolute Gasteiger partial charge is 0.245 e. The fraction of sp³-hybridized carbons (Fsp3) is 0.556. The number of piperidine rings is 1. The van der Waals surface area contributed by atoms with Crippen LogP contribution in [0.25, 0.3) is 11.3 Å². The molecule has 0 saturated carbocycles. The maximum atomic E-state index is 4.83. The van der Waals surface area contributed by atoms with Gasteiger partial charge in [-0.05, 0) is 34.6 Å². The van der Waals surface area contributed by atoms with E-state index in [0.29, 0.717) is 17.3 Å². The second-order valence-corrected chi connectivity index (χ2v) is 9.36. The Hall–Kier alpha value is -1.91. The average molecular weight is 418 g/mol. The average Bonchev–Trinajstić information content (AvgIpc) is 3.44. The van der Waals surface area contributed by atoms with Crippen LogP contribution in [0, 0.1) is 0 Å². The van der Waals surface area contributed by atoms with Gasteiger partial charge in [0.25, 0.3) is 0 Å². The Balaban J connectivity index is 1.33. The summed E-state index contributed by atoms with van der Waals surface area (Å²) >= 11 is 3.80. The van der Waals surface area contributed by atoms with Crippen molar-refractivity contribution < 1.29 is 4.63 Å². The van der Waals surface area contributed by atoms with E-state index in [9.17, 15) is 0 Å². The van der Waals surface area contributed by atoms with Gasteiger partial charge in [0.15, 0.2) is 11.6 Å². The molecular weight excluding hydrogens is 394 g/mol. The van der Waals surface area contributed by atoms with E-state index >= 15 is 0 Å². The molecule has 2 aliphatic heterocycles. The number of thioether (sulfide) groups is 1. The SMILES string of the molecule is c1csc(CNc2nc3nonc3nc2N2CCC(N3CCSCC3)CC2)c1. The lowest BCUT2D eigenvalue weighted by Crippen LogP contribution is -2.48. The van der Waals surface area contributed by atoms with Crippen molar-refractivity contribution in [3.63, 3.8) is 0 Å². The molecule has 1 N–H and O–H groups in total. The summed E-state index contributed by atoms with van der Waals surface area (Å²) < 4.78 is 4.83. The molecule has 5 heterocycles. The second-order valence-electron chi connectivity index (χ2n) is 7.11. The highest BCUT2D eigenvalue weighted by Crippen LogP contribution is 2.29. The van der Waals surface area contributed by atoms with Gasteiger partial charge in [0, 0.05) is 48.6 Å². The molecule has 148 valence electrons. The molecule has 2 fully saturated rings. The highest BCUT2D eigenvalue weighted by molar-refractivity contribution is 7.99. The van der Waals surface area contributed by atoms with Crippen LogP contribution in [-0.2, 0) is 6.54 Å². The molecule has 0 aromatic carbocycles. The first-order valence-electron chi connectivity index (χ1n) is 9.70. The number of rotatable bonds is 5. The van der Waals surface area contributed by atoms with Crippen LogP contribution in [0.3, 0.4) is 0 Å². The van der Waals surface area contributed by atoms with Gasteiger partial charge in [-0.25, -0.2) is 14.6 Å². The van der Waals surface area contributed by atoms with Crippen LogP contribution in [0.5, 0.6) is 0 Å². The molecule has 0 aliphatic carbocycles. The van der Waals surface area contributed by atoms with E-state index in [1.54, 1.807) is 11.3 Å². The lowest BCUT2D eigenvalue weighted by atomic mass is 10.0. The first-order chi connectivity index (χ1) is 13.9. The van der Waals surface area contributed by atoms with Crippen molar-refractivity contribution >= 4 is 46.0 Å². The summed E-state index contributed by atoms with van der Waals surface area (Å²) in [5.41, 5.74) is 0.907. The van der Waals surface area contributed by atoms with Gasteiger partial charge in [0.2, 0.25) is 11.3 Å². The van der Waals surface area contributed by atoms with E-state index < -0.39 is 0 Å². The lowest BCUT2D eigenvalue weighted by Gasteiger charge is -2.40. The van der Waals surface area contributed by atoms with Crippen molar-refractivity contribution in [1.29, 1.82) is 0 Å². The molecule has 2 aliphatic rings. The molecule has 3 aromatic heterocycles. The Bertz CT molecular complexity index is 902. The maximum Gasteiger partial charge on any atom is 0.245 e. The van der Waals surface area contributed by atoms with Gasteiger partial charge in [-0.3, -0.25) is 4.90 Å². The van der Waals surface area contributed by atoms with Crippen molar-refractivity contribution in [2.75, 3.05) is 47.9 Å². The predicted molar refractivity (Wildman–Crippen MR) is 113 cm³/mol. The normalized spacial score (nSPS) is 19.4. The highest BCUT2D eigenvalue weighted by atomic mass is 32.2. The topological polar surface area (TPSA) is 83.2 Å². The largest absolute Gasteiger partial charge is 0.362 e. The first-order valence-corrected chi connectivity index (χ1v) is 11.7. The number of nitrogens with one attached hydrogen (secondary N) is 1. The minimum Gasteiger partial charge on any atom is -0.362 e. The number of aromatic nitrogens is 4. The maximum absolute atomic E-state index is 4.83. The summed E-state index contributed by atoms with van der Waals surface area (Å²) in [5, 5.41) is 13.3. The molecule has 3 aromatic rings. The van der Waals surface area contributed by atoms with Crippen molar-refractivity contribution in [1.82, 2.24) is 25.2 Å². The van der Waals surface area contributed by atoms with Crippen molar-refractivity contribution in [2.24, 2.45) is 0 Å². The Morgan fingerprint density at radius 3 is 2.61 bits per heavy atom. The van der Waals surface area contributed by atoms with Gasteiger partial charge in [0.05, 0.1) is 6.54 Å². The lowest BCUT2D eigenvalue weighted by molar-refractivity contribution is 0.185. The molecule has 2 saturated heterocycles. The minimum absolute atomic E-state index is 0.443. The fourth-order valence-corrected chi connectivity index (χ4v) is 5.51. The molecule has 28 heavy (non-hydrogen) atoms. The third-order valence-electron chi connectivity index (χ3n) is 5.43. The molecule has 0 spiro atoms. The number of hydrogen-bond acceptors (Lipinski definition) is 10. The molecule has 0 atom stereocenters. The summed E-state index contributed by atoms with van der Waals surface area (Å²) in [5.74, 6) is 4.13. The van der Waals surface area contributed by atoms with E-state index in [1.807, 2.05) is 0 Å². The van der Waals surface area contributed by atoms with Crippen molar-refractivity contribution in [3.05, 3.63) is 22.4 Å². The zero-order chi connectivity index (χ0) is 18.8. The third kappa shape index (κ3) is 3.81. The molecule has 0 unspecified atom stereocenters. The second kappa shape index (κ2) is 8.22. The van der Waals surface area contributed by atoms with Gasteiger partial charge in [-0.2, -0.15) is 11.8 Å². The number of hydrogen-bond donors (Lipinski definition) is 1. The highest BCUT2D eigenvalue weighted by Gasteiger charge is 2.28. The molecule has 0 bridgehead atoms. The Morgan fingerprint density at radius 2 is 1.86 bits per heavy atom. The monoisotopic (exact) mass is 417 g/mol. The quantitative estimate of drug-likeness (QED) is 0.673. The summed E-state index contributed by atoms with van der Waals surface area (Å²) in [6.45, 7) is 5.12. The molecule has 0 amide bonds. The van der Waals surface area contributed by atoms with E-state index in [-0.39, 0.29) is 0 Å². The van der Waals surface area contributed by atoms with Gasteiger partial charge >= 0.3 is 0 Å². The molecule has 10 heteroatoms. The summed E-state index contributed by atoms with van der Waals surface area (Å²) in [4.78, 5) is 15.6. The predicted octanol–water partition coefficient (Wildman–Crippen LogP) is 2.70. The van der Waals surface area contributed by atoms with E-state index in [0.717, 1.165) is 44.1 Å². The van der Waals surface area contributed by atoms with E-state index in [1.165, 1.54) is 29.5 Å². The standard InChI is InChI=1S/C18H23N7OS2/c1-2-14(28-9-1)12-19-17-18(21-16-15(20-17)22-26-23-16)25-5-3-13(4-6-25)24-7-10-27-11-8-24/h1-2,9,13H,3-8,10-12H2,(H,19,20,22). The van der Waals surface area contributed by atoms with Gasteiger partial charge in [0.1, 0.15) is 0 Å². The molecular formula is C18H23N7OS2. The van der Waals surface area contributed by atoms with Crippen LogP contribution in [-0.4, -0.2) is 68.9 Å². The van der Waals surface area contributed by atoms with E-state index in [2.05, 4.69) is 59.7 Å². The number of nitrogens with zero attached hydrogens (tertiary/aromatic N) is 6. The minimum atomic E-state index is 0.443. The molecule has 0 radical (unpaired) electrons. The van der Waals surface area contributed by atoms with Gasteiger partial charge in [-0.1, -0.05) is 6.07 Å². The Labute approximate surface area is 171 Å². The first kappa shape index (κ1) is 18.1. The zero-order valence-corrected chi connectivity index (χ0v) is 17.2.